The molecule has 274 valence electrons. The van der Waals surface area contributed by atoms with Crippen molar-refractivity contribution in [2.45, 2.75) is 46.5 Å². The highest BCUT2D eigenvalue weighted by molar-refractivity contribution is 6.22. The lowest BCUT2D eigenvalue weighted by Gasteiger charge is -2.23. The van der Waals surface area contributed by atoms with Crippen molar-refractivity contribution >= 4 is 27.1 Å². The number of hydrogen-bond acceptors (Lipinski definition) is 2. The Labute approximate surface area is 333 Å². The Morgan fingerprint density at radius 3 is 1.72 bits per heavy atom. The summed E-state index contributed by atoms with van der Waals surface area (Å²) >= 11 is 0. The van der Waals surface area contributed by atoms with Crippen molar-refractivity contribution in [3.05, 3.63) is 184 Å². The number of benzene rings is 8. The normalized spacial score (nSPS) is 13.9. The van der Waals surface area contributed by atoms with E-state index in [1.165, 1.54) is 66.8 Å². The van der Waals surface area contributed by atoms with E-state index in [1.54, 1.807) is 12.5 Å². The molecule has 0 saturated heterocycles. The van der Waals surface area contributed by atoms with Crippen LogP contribution in [0.5, 0.6) is 11.5 Å². The molecule has 8 aromatic rings. The van der Waals surface area contributed by atoms with Gasteiger partial charge in [-0.15, -0.1) is 0 Å². The van der Waals surface area contributed by atoms with Gasteiger partial charge in [0.15, 0.2) is 0 Å². The summed E-state index contributed by atoms with van der Waals surface area (Å²) in [5, 5.41) is 26.9. The topological polar surface area (TPSA) is 40.5 Å². The summed E-state index contributed by atoms with van der Waals surface area (Å²) in [7, 11) is 0. The highest BCUT2D eigenvalue weighted by Gasteiger charge is 2.30. The zero-order valence-corrected chi connectivity index (χ0v) is 32.5. The Morgan fingerprint density at radius 1 is 0.439 bits per heavy atom. The largest absolute Gasteiger partial charge is 0.507 e. The van der Waals surface area contributed by atoms with E-state index in [0.29, 0.717) is 5.56 Å². The van der Waals surface area contributed by atoms with Gasteiger partial charge in [-0.05, 0) is 169 Å². The van der Waals surface area contributed by atoms with Gasteiger partial charge in [0.05, 0.1) is 0 Å². The van der Waals surface area contributed by atoms with Crippen molar-refractivity contribution in [3.8, 4) is 67.1 Å². The minimum absolute atomic E-state index is 0.142. The Hall–Kier alpha value is -6.64. The van der Waals surface area contributed by atoms with Crippen molar-refractivity contribution in [3.63, 3.8) is 0 Å². The van der Waals surface area contributed by atoms with Crippen LogP contribution in [0, 0.1) is 20.8 Å². The summed E-state index contributed by atoms with van der Waals surface area (Å²) in [6.07, 6.45) is 8.91. The SMILES string of the molecule is Cc1c(O)c(C)c(-c2c3ccccc3c(-c3cccc(-c4c(-c5cccc6c5Cc5ccccc5-6)ccc5c4C4=C(CCC=C4)C5)c3)c3ccccc23)c(C)c1O. The highest BCUT2D eigenvalue weighted by atomic mass is 16.3. The predicted molar refractivity (Wildman–Crippen MR) is 238 cm³/mol. The molecule has 0 heterocycles. The van der Waals surface area contributed by atoms with Crippen LogP contribution in [0.15, 0.2) is 145 Å². The molecule has 11 rings (SSSR count). The van der Waals surface area contributed by atoms with E-state index in [2.05, 4.69) is 140 Å². The van der Waals surface area contributed by atoms with E-state index < -0.39 is 0 Å². The summed E-state index contributed by atoms with van der Waals surface area (Å²) in [4.78, 5) is 0. The van der Waals surface area contributed by atoms with E-state index in [0.717, 1.165) is 75.0 Å². The van der Waals surface area contributed by atoms with Crippen molar-refractivity contribution in [2.24, 2.45) is 0 Å². The second-order valence-corrected chi connectivity index (χ2v) is 16.2. The third kappa shape index (κ3) is 4.90. The van der Waals surface area contributed by atoms with Gasteiger partial charge in [0, 0.05) is 5.56 Å². The van der Waals surface area contributed by atoms with Crippen LogP contribution < -0.4 is 0 Å². The number of rotatable bonds is 4. The summed E-state index contributed by atoms with van der Waals surface area (Å²) in [5.41, 5.74) is 22.7. The second-order valence-electron chi connectivity index (χ2n) is 16.2. The third-order valence-electron chi connectivity index (χ3n) is 13.2. The summed E-state index contributed by atoms with van der Waals surface area (Å²) in [6, 6.07) is 47.1. The third-order valence-corrected chi connectivity index (χ3v) is 13.2. The van der Waals surface area contributed by atoms with Crippen molar-refractivity contribution in [1.82, 2.24) is 0 Å². The van der Waals surface area contributed by atoms with Gasteiger partial charge >= 0.3 is 0 Å². The molecule has 0 spiro atoms. The molecule has 0 atom stereocenters. The number of phenols is 2. The molecule has 8 aromatic carbocycles. The Balaban J connectivity index is 1.18. The van der Waals surface area contributed by atoms with Gasteiger partial charge in [0.1, 0.15) is 11.5 Å². The summed E-state index contributed by atoms with van der Waals surface area (Å²) in [5.74, 6) is 0.284. The zero-order chi connectivity index (χ0) is 38.5. The number of hydrogen-bond donors (Lipinski definition) is 2. The Kier molecular flexibility index (Phi) is 7.50. The minimum Gasteiger partial charge on any atom is -0.507 e. The lowest BCUT2D eigenvalue weighted by Crippen LogP contribution is -1.98. The van der Waals surface area contributed by atoms with Crippen LogP contribution in [0.4, 0.5) is 0 Å². The first kappa shape index (κ1) is 33.7. The molecule has 0 saturated carbocycles. The molecule has 2 N–H and O–H groups in total. The molecule has 3 aliphatic carbocycles. The van der Waals surface area contributed by atoms with E-state index in [-0.39, 0.29) is 11.5 Å². The molecule has 57 heavy (non-hydrogen) atoms. The smallest absolute Gasteiger partial charge is 0.125 e. The average molecular weight is 735 g/mol. The van der Waals surface area contributed by atoms with Crippen LogP contribution >= 0.6 is 0 Å². The first-order valence-electron chi connectivity index (χ1n) is 20.2. The Bertz CT molecular complexity index is 3030. The maximum Gasteiger partial charge on any atom is 0.125 e. The van der Waals surface area contributed by atoms with Crippen LogP contribution in [0.2, 0.25) is 0 Å². The van der Waals surface area contributed by atoms with Gasteiger partial charge in [0.25, 0.3) is 0 Å². The highest BCUT2D eigenvalue weighted by Crippen LogP contribution is 2.52. The molecule has 3 aliphatic rings. The van der Waals surface area contributed by atoms with Gasteiger partial charge < -0.3 is 10.2 Å². The molecule has 2 heteroatoms. The zero-order valence-electron chi connectivity index (χ0n) is 32.5. The number of fused-ring (bicyclic) bond motifs is 7. The van der Waals surface area contributed by atoms with Crippen molar-refractivity contribution in [2.75, 3.05) is 0 Å². The number of allylic oxidation sites excluding steroid dienone is 4. The lowest BCUT2D eigenvalue weighted by atomic mass is 9.81. The standard InChI is InChI=1S/C55H42O2/c1-31-49(32(2)55(57)33(3)54(31)56)53-45-22-10-8-20-43(45)50(44-21-9-11-23-46(44)53)36-16-12-17-37(29-36)52-47(27-26-38-28-34-14-5-7-19-40(34)51(38)52)42-25-13-24-41-39-18-6-4-15-35(39)30-48(41)42/h4,6-13,15-27,29,56-57H,5,14,28,30H2,1-3H3. The fraction of sp³-hybridized carbons (Fsp3) is 0.127. The Morgan fingerprint density at radius 2 is 1.02 bits per heavy atom. The van der Waals surface area contributed by atoms with E-state index in [1.807, 2.05) is 13.8 Å². The number of phenolic OH excluding ortho intramolecular Hbond substituents is 2. The predicted octanol–water partition coefficient (Wildman–Crippen LogP) is 14.2. The summed E-state index contributed by atoms with van der Waals surface area (Å²) < 4.78 is 0. The van der Waals surface area contributed by atoms with Gasteiger partial charge in [0.2, 0.25) is 0 Å². The van der Waals surface area contributed by atoms with E-state index >= 15 is 0 Å². The molecular formula is C55H42O2. The molecule has 0 radical (unpaired) electrons. The maximum atomic E-state index is 11.2. The fourth-order valence-electron chi connectivity index (χ4n) is 10.5. The molecule has 0 aromatic heterocycles. The molecule has 2 nitrogen and oxygen atoms in total. The van der Waals surface area contributed by atoms with Gasteiger partial charge in [-0.1, -0.05) is 139 Å². The van der Waals surface area contributed by atoms with Crippen LogP contribution in [-0.4, -0.2) is 10.2 Å². The first-order valence-corrected chi connectivity index (χ1v) is 20.2. The quantitative estimate of drug-likeness (QED) is 0.177. The summed E-state index contributed by atoms with van der Waals surface area (Å²) in [6.45, 7) is 5.70. The average Bonchev–Trinajstić information content (AvgIpc) is 3.83. The van der Waals surface area contributed by atoms with Crippen LogP contribution in [-0.2, 0) is 12.8 Å². The van der Waals surface area contributed by atoms with Crippen molar-refractivity contribution < 1.29 is 10.2 Å². The maximum absolute atomic E-state index is 11.2. The molecular weight excluding hydrogens is 693 g/mol. The first-order chi connectivity index (χ1) is 27.9. The second kappa shape index (κ2) is 12.7. The van der Waals surface area contributed by atoms with Crippen LogP contribution in [0.3, 0.4) is 0 Å². The van der Waals surface area contributed by atoms with E-state index in [9.17, 15) is 10.2 Å². The van der Waals surface area contributed by atoms with E-state index in [4.69, 9.17) is 0 Å². The van der Waals surface area contributed by atoms with Crippen molar-refractivity contribution in [1.29, 1.82) is 0 Å². The monoisotopic (exact) mass is 734 g/mol. The fourth-order valence-corrected chi connectivity index (χ4v) is 10.5. The number of aromatic hydroxyl groups is 2. The van der Waals surface area contributed by atoms with Crippen LogP contribution in [0.25, 0.3) is 82.8 Å². The molecule has 0 bridgehead atoms. The molecule has 0 amide bonds. The van der Waals surface area contributed by atoms with Crippen LogP contribution in [0.1, 0.15) is 51.8 Å². The van der Waals surface area contributed by atoms with Gasteiger partial charge in [-0.3, -0.25) is 0 Å². The van der Waals surface area contributed by atoms with Gasteiger partial charge in [-0.25, -0.2) is 0 Å². The minimum atomic E-state index is 0.142. The molecule has 0 unspecified atom stereocenters. The lowest BCUT2D eigenvalue weighted by molar-refractivity contribution is 0.438. The molecule has 0 fully saturated rings. The van der Waals surface area contributed by atoms with Gasteiger partial charge in [-0.2, -0.15) is 0 Å². The molecule has 0 aliphatic heterocycles.